The van der Waals surface area contributed by atoms with E-state index in [0.29, 0.717) is 41.9 Å². The van der Waals surface area contributed by atoms with Crippen LogP contribution >= 0.6 is 0 Å². The fourth-order valence-electron chi connectivity index (χ4n) is 3.77. The Bertz CT molecular complexity index is 1070. The number of hydrogen-bond donors (Lipinski definition) is 1. The third-order valence-electron chi connectivity index (χ3n) is 5.39. The van der Waals surface area contributed by atoms with E-state index in [4.69, 9.17) is 4.74 Å². The Labute approximate surface area is 171 Å². The monoisotopic (exact) mass is 412 g/mol. The number of carboxylic acid groups (broad SMARTS) is 1. The zero-order chi connectivity index (χ0) is 21.3. The molecule has 1 aliphatic rings. The van der Waals surface area contributed by atoms with Gasteiger partial charge in [0.05, 0.1) is 11.5 Å². The average Bonchev–Trinajstić information content (AvgIpc) is 2.73. The maximum Gasteiger partial charge on any atom is 0.416 e. The molecule has 3 nitrogen and oxygen atoms in total. The van der Waals surface area contributed by atoms with Crippen LogP contribution in [0.2, 0.25) is 0 Å². The van der Waals surface area contributed by atoms with E-state index in [-0.39, 0.29) is 0 Å². The number of halogens is 3. The molecule has 0 bridgehead atoms. The molecule has 1 aliphatic carbocycles. The lowest BCUT2D eigenvalue weighted by Gasteiger charge is -2.22. The van der Waals surface area contributed by atoms with Crippen LogP contribution < -0.4 is 4.74 Å². The van der Waals surface area contributed by atoms with Crippen LogP contribution in [0.5, 0.6) is 11.5 Å². The SMILES string of the molecule is O=C(O)C1CCc2ccc(Oc3ccccc3-c3ccc(C(F)(F)F)cc3)cc2C1. The number of ether oxygens (including phenoxy) is 1. The van der Waals surface area contributed by atoms with E-state index in [2.05, 4.69) is 0 Å². The van der Waals surface area contributed by atoms with Crippen LogP contribution in [-0.2, 0) is 23.8 Å². The minimum Gasteiger partial charge on any atom is -0.481 e. The summed E-state index contributed by atoms with van der Waals surface area (Å²) in [5.41, 5.74) is 2.66. The zero-order valence-corrected chi connectivity index (χ0v) is 15.9. The maximum atomic E-state index is 12.8. The van der Waals surface area contributed by atoms with Crippen molar-refractivity contribution in [3.63, 3.8) is 0 Å². The van der Waals surface area contributed by atoms with Gasteiger partial charge >= 0.3 is 12.1 Å². The Morgan fingerprint density at radius 1 is 0.967 bits per heavy atom. The van der Waals surface area contributed by atoms with Crippen molar-refractivity contribution in [2.75, 3.05) is 0 Å². The molecule has 0 fully saturated rings. The Morgan fingerprint density at radius 2 is 1.70 bits per heavy atom. The molecule has 0 saturated heterocycles. The lowest BCUT2D eigenvalue weighted by molar-refractivity contribution is -0.142. The number of carboxylic acids is 1. The molecule has 6 heteroatoms. The van der Waals surface area contributed by atoms with Gasteiger partial charge < -0.3 is 9.84 Å². The summed E-state index contributed by atoms with van der Waals surface area (Å²) < 4.78 is 44.6. The second-order valence-electron chi connectivity index (χ2n) is 7.38. The number of rotatable bonds is 4. The molecule has 1 atom stereocenters. The molecule has 3 aromatic rings. The minimum absolute atomic E-state index is 0.396. The molecule has 154 valence electrons. The molecule has 0 saturated carbocycles. The van der Waals surface area contributed by atoms with Gasteiger partial charge in [-0.2, -0.15) is 13.2 Å². The second-order valence-corrected chi connectivity index (χ2v) is 7.38. The van der Waals surface area contributed by atoms with Crippen LogP contribution in [-0.4, -0.2) is 11.1 Å². The Kier molecular flexibility index (Phi) is 5.24. The zero-order valence-electron chi connectivity index (χ0n) is 15.9. The van der Waals surface area contributed by atoms with E-state index in [9.17, 15) is 23.1 Å². The van der Waals surface area contributed by atoms with Crippen LogP contribution in [0.25, 0.3) is 11.1 Å². The van der Waals surface area contributed by atoms with Gasteiger partial charge in [0.2, 0.25) is 0 Å². The van der Waals surface area contributed by atoms with Crippen molar-refractivity contribution in [1.82, 2.24) is 0 Å². The second kappa shape index (κ2) is 7.86. The highest BCUT2D eigenvalue weighted by Gasteiger charge is 2.30. The van der Waals surface area contributed by atoms with E-state index in [1.165, 1.54) is 12.1 Å². The third kappa shape index (κ3) is 4.17. The fraction of sp³-hybridized carbons (Fsp3) is 0.208. The quantitative estimate of drug-likeness (QED) is 0.543. The van der Waals surface area contributed by atoms with E-state index >= 15 is 0 Å². The van der Waals surface area contributed by atoms with Gasteiger partial charge in [-0.25, -0.2) is 0 Å². The van der Waals surface area contributed by atoms with Crippen LogP contribution in [0.4, 0.5) is 13.2 Å². The minimum atomic E-state index is -4.38. The first-order chi connectivity index (χ1) is 14.3. The van der Waals surface area contributed by atoms with Gasteiger partial charge in [0.25, 0.3) is 0 Å². The summed E-state index contributed by atoms with van der Waals surface area (Å²) in [4.78, 5) is 11.3. The summed E-state index contributed by atoms with van der Waals surface area (Å²) in [6.07, 6.45) is -2.58. The molecule has 0 aromatic heterocycles. The summed E-state index contributed by atoms with van der Waals surface area (Å²) in [6, 6.07) is 17.7. The summed E-state index contributed by atoms with van der Waals surface area (Å²) in [7, 11) is 0. The third-order valence-corrected chi connectivity index (χ3v) is 5.39. The first-order valence-electron chi connectivity index (χ1n) is 9.60. The molecule has 30 heavy (non-hydrogen) atoms. The van der Waals surface area contributed by atoms with Gasteiger partial charge in [-0.15, -0.1) is 0 Å². The first kappa shape index (κ1) is 20.0. The molecule has 0 amide bonds. The van der Waals surface area contributed by atoms with Crippen LogP contribution in [0.1, 0.15) is 23.1 Å². The standard InChI is InChI=1S/C24H19F3O3/c25-24(26,27)19-10-7-16(8-11-19)21-3-1-2-4-22(21)30-20-12-9-15-5-6-17(23(28)29)13-18(15)14-20/h1-4,7-12,14,17H,5-6,13H2,(H,28,29). The lowest BCUT2D eigenvalue weighted by Crippen LogP contribution is -2.22. The molecule has 1 unspecified atom stereocenters. The summed E-state index contributed by atoms with van der Waals surface area (Å²) in [5.74, 6) is -0.103. The summed E-state index contributed by atoms with van der Waals surface area (Å²) >= 11 is 0. The van der Waals surface area contributed by atoms with E-state index in [0.717, 1.165) is 23.3 Å². The van der Waals surface area contributed by atoms with Crippen molar-refractivity contribution in [2.45, 2.75) is 25.4 Å². The van der Waals surface area contributed by atoms with Crippen molar-refractivity contribution in [1.29, 1.82) is 0 Å². The highest BCUT2D eigenvalue weighted by molar-refractivity contribution is 5.72. The van der Waals surface area contributed by atoms with Gasteiger partial charge in [0, 0.05) is 5.56 Å². The molecule has 0 spiro atoms. The number of aryl methyl sites for hydroxylation is 1. The van der Waals surface area contributed by atoms with Gasteiger partial charge in [0.15, 0.2) is 0 Å². The normalized spacial score (nSPS) is 16.0. The number of fused-ring (bicyclic) bond motifs is 1. The molecule has 0 aliphatic heterocycles. The number of para-hydroxylation sites is 1. The highest BCUT2D eigenvalue weighted by atomic mass is 19.4. The van der Waals surface area contributed by atoms with Gasteiger partial charge in [-0.3, -0.25) is 4.79 Å². The molecular formula is C24H19F3O3. The predicted molar refractivity (Wildman–Crippen MR) is 107 cm³/mol. The smallest absolute Gasteiger partial charge is 0.416 e. The predicted octanol–water partition coefficient (Wildman–Crippen LogP) is 6.35. The van der Waals surface area contributed by atoms with E-state index < -0.39 is 23.6 Å². The van der Waals surface area contributed by atoms with Crippen molar-refractivity contribution in [2.24, 2.45) is 5.92 Å². The largest absolute Gasteiger partial charge is 0.481 e. The lowest BCUT2D eigenvalue weighted by atomic mass is 9.84. The summed E-state index contributed by atoms with van der Waals surface area (Å²) in [6.45, 7) is 0. The average molecular weight is 412 g/mol. The molecule has 3 aromatic carbocycles. The van der Waals surface area contributed by atoms with Crippen LogP contribution in [0, 0.1) is 5.92 Å². The van der Waals surface area contributed by atoms with E-state index in [1.54, 1.807) is 24.3 Å². The van der Waals surface area contributed by atoms with Crippen molar-refractivity contribution < 1.29 is 27.8 Å². The molecule has 0 radical (unpaired) electrons. The number of carbonyl (C=O) groups is 1. The number of hydrogen-bond acceptors (Lipinski definition) is 2. The first-order valence-corrected chi connectivity index (χ1v) is 9.60. The summed E-state index contributed by atoms with van der Waals surface area (Å²) in [5, 5.41) is 9.30. The molecule has 4 rings (SSSR count). The Morgan fingerprint density at radius 3 is 2.40 bits per heavy atom. The van der Waals surface area contributed by atoms with Crippen molar-refractivity contribution in [3.8, 4) is 22.6 Å². The number of alkyl halides is 3. The Hall–Kier alpha value is -3.28. The van der Waals surface area contributed by atoms with Gasteiger partial charge in [-0.1, -0.05) is 36.4 Å². The molecular weight excluding hydrogens is 393 g/mol. The van der Waals surface area contributed by atoms with Crippen LogP contribution in [0.15, 0.2) is 66.7 Å². The van der Waals surface area contributed by atoms with E-state index in [1.807, 2.05) is 18.2 Å². The molecule has 1 N–H and O–H groups in total. The van der Waals surface area contributed by atoms with Crippen molar-refractivity contribution >= 4 is 5.97 Å². The topological polar surface area (TPSA) is 46.5 Å². The van der Waals surface area contributed by atoms with Crippen LogP contribution in [0.3, 0.4) is 0 Å². The molecule has 0 heterocycles. The van der Waals surface area contributed by atoms with Gasteiger partial charge in [-0.05, 0) is 66.3 Å². The number of benzene rings is 3. The van der Waals surface area contributed by atoms with Gasteiger partial charge in [0.1, 0.15) is 11.5 Å². The fourth-order valence-corrected chi connectivity index (χ4v) is 3.77. The maximum absolute atomic E-state index is 12.8. The number of aliphatic carboxylic acids is 1. The highest BCUT2D eigenvalue weighted by Crippen LogP contribution is 2.37. The van der Waals surface area contributed by atoms with Crippen molar-refractivity contribution in [3.05, 3.63) is 83.4 Å². The Balaban J connectivity index is 1.61.